The van der Waals surface area contributed by atoms with Crippen LogP contribution in [0.1, 0.15) is 18.4 Å². The average molecular weight is 366 g/mol. The van der Waals surface area contributed by atoms with Crippen molar-refractivity contribution in [2.75, 3.05) is 17.2 Å². The molecule has 3 rings (SSSR count). The van der Waals surface area contributed by atoms with Crippen LogP contribution in [-0.4, -0.2) is 26.6 Å². The molecule has 1 amide bonds. The van der Waals surface area contributed by atoms with Gasteiger partial charge in [-0.05, 0) is 37.3 Å². The van der Waals surface area contributed by atoms with Crippen molar-refractivity contribution < 1.29 is 17.6 Å². The fourth-order valence-corrected chi connectivity index (χ4v) is 4.51. The minimum absolute atomic E-state index is 0.0818. The third-order valence-corrected chi connectivity index (χ3v) is 6.16. The molecule has 1 aromatic carbocycles. The van der Waals surface area contributed by atoms with Gasteiger partial charge in [0, 0.05) is 24.1 Å². The summed E-state index contributed by atoms with van der Waals surface area (Å²) >= 11 is 1.62. The number of amides is 1. The van der Waals surface area contributed by atoms with Crippen molar-refractivity contribution >= 4 is 33.4 Å². The van der Waals surface area contributed by atoms with E-state index >= 15 is 0 Å². The lowest BCUT2D eigenvalue weighted by Gasteiger charge is -2.28. The Hall–Kier alpha value is -1.77. The molecule has 0 saturated carbocycles. The van der Waals surface area contributed by atoms with Crippen LogP contribution in [0.15, 0.2) is 44.5 Å². The van der Waals surface area contributed by atoms with Crippen LogP contribution in [0.2, 0.25) is 0 Å². The Bertz CT molecular complexity index is 874. The number of rotatable bonds is 4. The molecule has 1 N–H and O–H groups in total. The van der Waals surface area contributed by atoms with Crippen molar-refractivity contribution in [1.29, 1.82) is 0 Å². The number of aryl methyl sites for hydroxylation is 1. The van der Waals surface area contributed by atoms with Gasteiger partial charge in [0.1, 0.15) is 11.5 Å². The number of nitrogens with one attached hydrogen (secondary N) is 1. The molecule has 0 unspecified atom stereocenters. The summed E-state index contributed by atoms with van der Waals surface area (Å²) < 4.78 is 32.9. The van der Waals surface area contributed by atoms with E-state index in [2.05, 4.69) is 4.72 Å². The SMILES string of the molecule is CC(=O)N1CCSc2ccc(S(=O)(=O)NCc3ccc(C)o3)cc21. The number of carbonyl (C=O) groups is 1. The van der Waals surface area contributed by atoms with Crippen LogP contribution in [0.25, 0.3) is 0 Å². The Morgan fingerprint density at radius 3 is 2.79 bits per heavy atom. The Balaban J connectivity index is 1.85. The first-order valence-electron chi connectivity index (χ1n) is 7.47. The van der Waals surface area contributed by atoms with Crippen molar-refractivity contribution in [3.8, 4) is 0 Å². The number of hydrogen-bond acceptors (Lipinski definition) is 5. The molecule has 2 aromatic rings. The Morgan fingerprint density at radius 2 is 2.12 bits per heavy atom. The van der Waals surface area contributed by atoms with Crippen LogP contribution in [0, 0.1) is 6.92 Å². The van der Waals surface area contributed by atoms with Crippen molar-refractivity contribution in [1.82, 2.24) is 4.72 Å². The summed E-state index contributed by atoms with van der Waals surface area (Å²) in [4.78, 5) is 14.4. The fraction of sp³-hybridized carbons (Fsp3) is 0.312. The Morgan fingerprint density at radius 1 is 1.33 bits per heavy atom. The molecular weight excluding hydrogens is 348 g/mol. The maximum atomic E-state index is 12.5. The largest absolute Gasteiger partial charge is 0.465 e. The van der Waals surface area contributed by atoms with Crippen molar-refractivity contribution in [3.63, 3.8) is 0 Å². The summed E-state index contributed by atoms with van der Waals surface area (Å²) in [6.07, 6.45) is 0. The topological polar surface area (TPSA) is 79.6 Å². The standard InChI is InChI=1S/C16H18N2O4S2/c1-11-3-4-13(22-11)10-17-24(20,21)14-5-6-16-15(9-14)18(12(2)19)7-8-23-16/h3-6,9,17H,7-8,10H2,1-2H3. The molecule has 0 saturated heterocycles. The van der Waals surface area contributed by atoms with E-state index in [1.54, 1.807) is 53.9 Å². The minimum atomic E-state index is -3.69. The average Bonchev–Trinajstić information content (AvgIpc) is 2.97. The first-order valence-corrected chi connectivity index (χ1v) is 9.93. The van der Waals surface area contributed by atoms with E-state index in [1.165, 1.54) is 6.92 Å². The van der Waals surface area contributed by atoms with Gasteiger partial charge in [0.25, 0.3) is 0 Å². The lowest BCUT2D eigenvalue weighted by Crippen LogP contribution is -2.33. The number of sulfonamides is 1. The first-order chi connectivity index (χ1) is 11.4. The molecular formula is C16H18N2O4S2. The maximum Gasteiger partial charge on any atom is 0.241 e. The molecule has 128 valence electrons. The molecule has 8 heteroatoms. The molecule has 0 fully saturated rings. The highest BCUT2D eigenvalue weighted by Gasteiger charge is 2.24. The highest BCUT2D eigenvalue weighted by molar-refractivity contribution is 7.99. The molecule has 1 aromatic heterocycles. The minimum Gasteiger partial charge on any atom is -0.465 e. The van der Waals surface area contributed by atoms with E-state index in [-0.39, 0.29) is 17.3 Å². The van der Waals surface area contributed by atoms with E-state index in [0.717, 1.165) is 16.4 Å². The zero-order chi connectivity index (χ0) is 17.3. The first kappa shape index (κ1) is 17.1. The Kier molecular flexibility index (Phi) is 4.71. The van der Waals surface area contributed by atoms with Crippen LogP contribution >= 0.6 is 11.8 Å². The van der Waals surface area contributed by atoms with Crippen LogP contribution in [-0.2, 0) is 21.4 Å². The second kappa shape index (κ2) is 6.62. The predicted molar refractivity (Wildman–Crippen MR) is 92.7 cm³/mol. The van der Waals surface area contributed by atoms with Crippen molar-refractivity contribution in [2.45, 2.75) is 30.2 Å². The van der Waals surface area contributed by atoms with Crippen molar-refractivity contribution in [2.24, 2.45) is 0 Å². The third-order valence-electron chi connectivity index (χ3n) is 3.72. The second-order valence-corrected chi connectivity index (χ2v) is 8.39. The number of fused-ring (bicyclic) bond motifs is 1. The van der Waals surface area contributed by atoms with Gasteiger partial charge in [-0.1, -0.05) is 0 Å². The maximum absolute atomic E-state index is 12.5. The summed E-state index contributed by atoms with van der Waals surface area (Å²) in [5, 5.41) is 0. The molecule has 1 aliphatic rings. The number of benzene rings is 1. The zero-order valence-corrected chi connectivity index (χ0v) is 15.0. The zero-order valence-electron chi connectivity index (χ0n) is 13.4. The molecule has 2 heterocycles. The highest BCUT2D eigenvalue weighted by Crippen LogP contribution is 2.36. The van der Waals surface area contributed by atoms with Gasteiger partial charge in [0.2, 0.25) is 15.9 Å². The van der Waals surface area contributed by atoms with E-state index < -0.39 is 10.0 Å². The molecule has 0 spiro atoms. The van der Waals surface area contributed by atoms with E-state index in [0.29, 0.717) is 18.0 Å². The smallest absolute Gasteiger partial charge is 0.241 e. The summed E-state index contributed by atoms with van der Waals surface area (Å²) in [6, 6.07) is 8.38. The monoisotopic (exact) mass is 366 g/mol. The fourth-order valence-electron chi connectivity index (χ4n) is 2.52. The van der Waals surface area contributed by atoms with Gasteiger partial charge in [-0.3, -0.25) is 4.79 Å². The van der Waals surface area contributed by atoms with Gasteiger partial charge < -0.3 is 9.32 Å². The van der Waals surface area contributed by atoms with Crippen LogP contribution < -0.4 is 9.62 Å². The summed E-state index contributed by atoms with van der Waals surface area (Å²) in [5.41, 5.74) is 0.649. The third kappa shape index (κ3) is 3.50. The van der Waals surface area contributed by atoms with Crippen LogP contribution in [0.4, 0.5) is 5.69 Å². The number of thioether (sulfide) groups is 1. The summed E-state index contributed by atoms with van der Waals surface area (Å²) in [5.74, 6) is 1.99. The number of furan rings is 1. The predicted octanol–water partition coefficient (Wildman–Crippen LogP) is 2.53. The normalized spacial score (nSPS) is 14.5. The number of anilines is 1. The van der Waals surface area contributed by atoms with Crippen LogP contribution in [0.5, 0.6) is 0 Å². The molecule has 24 heavy (non-hydrogen) atoms. The van der Waals surface area contributed by atoms with Gasteiger partial charge >= 0.3 is 0 Å². The number of hydrogen-bond donors (Lipinski definition) is 1. The van der Waals surface area contributed by atoms with Crippen LogP contribution in [0.3, 0.4) is 0 Å². The number of carbonyl (C=O) groups excluding carboxylic acids is 1. The van der Waals surface area contributed by atoms with Gasteiger partial charge in [0.05, 0.1) is 17.1 Å². The molecule has 0 aliphatic carbocycles. The lowest BCUT2D eigenvalue weighted by molar-refractivity contribution is -0.116. The van der Waals surface area contributed by atoms with E-state index in [4.69, 9.17) is 4.42 Å². The van der Waals surface area contributed by atoms with E-state index in [1.807, 2.05) is 0 Å². The lowest BCUT2D eigenvalue weighted by atomic mass is 10.2. The molecule has 0 atom stereocenters. The molecule has 1 aliphatic heterocycles. The number of nitrogens with zero attached hydrogens (tertiary/aromatic N) is 1. The van der Waals surface area contributed by atoms with Crippen molar-refractivity contribution in [3.05, 3.63) is 41.9 Å². The van der Waals surface area contributed by atoms with Gasteiger partial charge in [-0.2, -0.15) is 0 Å². The van der Waals surface area contributed by atoms with E-state index in [9.17, 15) is 13.2 Å². The summed E-state index contributed by atoms with van der Waals surface area (Å²) in [7, 11) is -3.69. The van der Waals surface area contributed by atoms with Gasteiger partial charge in [-0.25, -0.2) is 13.1 Å². The van der Waals surface area contributed by atoms with Gasteiger partial charge in [-0.15, -0.1) is 11.8 Å². The summed E-state index contributed by atoms with van der Waals surface area (Å²) in [6.45, 7) is 3.95. The molecule has 0 radical (unpaired) electrons. The van der Waals surface area contributed by atoms with Gasteiger partial charge in [0.15, 0.2) is 0 Å². The highest BCUT2D eigenvalue weighted by atomic mass is 32.2. The molecule has 0 bridgehead atoms. The Labute approximate surface area is 145 Å². The second-order valence-electron chi connectivity index (χ2n) is 5.49. The quantitative estimate of drug-likeness (QED) is 0.899. The molecule has 6 nitrogen and oxygen atoms in total.